The number of benzene rings is 2. The van der Waals surface area contributed by atoms with Gasteiger partial charge in [-0.25, -0.2) is 4.39 Å². The minimum atomic E-state index is -0.147. The van der Waals surface area contributed by atoms with Crippen molar-refractivity contribution in [1.29, 1.82) is 0 Å². The van der Waals surface area contributed by atoms with E-state index in [-0.39, 0.29) is 11.9 Å². The Morgan fingerprint density at radius 3 is 2.62 bits per heavy atom. The molecule has 0 amide bonds. The van der Waals surface area contributed by atoms with Gasteiger partial charge in [-0.2, -0.15) is 0 Å². The summed E-state index contributed by atoms with van der Waals surface area (Å²) in [6.07, 6.45) is 0. The van der Waals surface area contributed by atoms with E-state index in [1.807, 2.05) is 24.3 Å². The standard InChI is InChI=1S/C17H19BrFNS/c1-4-20-12(3)13-10-15(19)11(2)9-17(13)21-16-8-6-5-7-14(16)18/h5-10,12,20H,4H2,1-3H3. The third-order valence-electron chi connectivity index (χ3n) is 3.32. The van der Waals surface area contributed by atoms with Crippen molar-refractivity contribution in [3.63, 3.8) is 0 Å². The molecule has 0 aliphatic heterocycles. The molecule has 0 spiro atoms. The molecule has 1 N–H and O–H groups in total. The molecule has 0 fully saturated rings. The van der Waals surface area contributed by atoms with Crippen molar-refractivity contribution in [2.45, 2.75) is 36.6 Å². The molecule has 112 valence electrons. The highest BCUT2D eigenvalue weighted by Crippen LogP contribution is 2.38. The van der Waals surface area contributed by atoms with Gasteiger partial charge in [0.15, 0.2) is 0 Å². The highest BCUT2D eigenvalue weighted by Gasteiger charge is 2.15. The van der Waals surface area contributed by atoms with E-state index in [2.05, 4.69) is 41.2 Å². The summed E-state index contributed by atoms with van der Waals surface area (Å²) in [4.78, 5) is 2.22. The molecular formula is C17H19BrFNS. The lowest BCUT2D eigenvalue weighted by Crippen LogP contribution is -2.18. The van der Waals surface area contributed by atoms with Gasteiger partial charge in [-0.1, -0.05) is 30.8 Å². The number of halogens is 2. The van der Waals surface area contributed by atoms with Gasteiger partial charge in [0.1, 0.15) is 5.82 Å². The second-order valence-electron chi connectivity index (χ2n) is 4.95. The van der Waals surface area contributed by atoms with Crippen LogP contribution in [0.5, 0.6) is 0 Å². The summed E-state index contributed by atoms with van der Waals surface area (Å²) in [6.45, 7) is 6.79. The van der Waals surface area contributed by atoms with Crippen LogP contribution in [0.1, 0.15) is 31.0 Å². The van der Waals surface area contributed by atoms with Crippen molar-refractivity contribution in [3.05, 3.63) is 57.8 Å². The molecular weight excluding hydrogens is 349 g/mol. The molecule has 2 rings (SSSR count). The van der Waals surface area contributed by atoms with Gasteiger partial charge < -0.3 is 5.32 Å². The monoisotopic (exact) mass is 367 g/mol. The number of hydrogen-bond acceptors (Lipinski definition) is 2. The second kappa shape index (κ2) is 7.43. The predicted octanol–water partition coefficient (Wildman–Crippen LogP) is 5.72. The highest BCUT2D eigenvalue weighted by molar-refractivity contribution is 9.10. The highest BCUT2D eigenvalue weighted by atomic mass is 79.9. The molecule has 1 atom stereocenters. The minimum Gasteiger partial charge on any atom is -0.310 e. The fraction of sp³-hybridized carbons (Fsp3) is 0.294. The number of rotatable bonds is 5. The molecule has 1 unspecified atom stereocenters. The maximum absolute atomic E-state index is 13.9. The molecule has 2 aromatic carbocycles. The third kappa shape index (κ3) is 4.09. The topological polar surface area (TPSA) is 12.0 Å². The van der Waals surface area contributed by atoms with E-state index < -0.39 is 0 Å². The molecule has 1 nitrogen and oxygen atoms in total. The zero-order valence-electron chi connectivity index (χ0n) is 12.4. The van der Waals surface area contributed by atoms with Gasteiger partial charge in [-0.3, -0.25) is 0 Å². The van der Waals surface area contributed by atoms with E-state index in [4.69, 9.17) is 0 Å². The number of aryl methyl sites for hydroxylation is 1. The number of nitrogens with one attached hydrogen (secondary N) is 1. The average molecular weight is 368 g/mol. The van der Waals surface area contributed by atoms with Crippen LogP contribution >= 0.6 is 27.7 Å². The first-order valence-electron chi connectivity index (χ1n) is 6.98. The molecule has 0 bridgehead atoms. The lowest BCUT2D eigenvalue weighted by molar-refractivity contribution is 0.571. The van der Waals surface area contributed by atoms with Gasteiger partial charge in [-0.15, -0.1) is 0 Å². The van der Waals surface area contributed by atoms with Crippen molar-refractivity contribution in [1.82, 2.24) is 5.32 Å². The smallest absolute Gasteiger partial charge is 0.126 e. The van der Waals surface area contributed by atoms with Crippen LogP contribution in [0.25, 0.3) is 0 Å². The van der Waals surface area contributed by atoms with Crippen LogP contribution in [-0.2, 0) is 0 Å². The van der Waals surface area contributed by atoms with Crippen LogP contribution in [0.4, 0.5) is 4.39 Å². The van der Waals surface area contributed by atoms with E-state index in [1.165, 1.54) is 0 Å². The summed E-state index contributed by atoms with van der Waals surface area (Å²) in [5.74, 6) is -0.147. The van der Waals surface area contributed by atoms with Crippen LogP contribution in [0, 0.1) is 12.7 Å². The molecule has 0 saturated heterocycles. The van der Waals surface area contributed by atoms with Gasteiger partial charge in [0, 0.05) is 20.3 Å². The van der Waals surface area contributed by atoms with Crippen molar-refractivity contribution >= 4 is 27.7 Å². The Bertz CT molecular complexity index is 630. The van der Waals surface area contributed by atoms with Gasteiger partial charge >= 0.3 is 0 Å². The molecule has 21 heavy (non-hydrogen) atoms. The maximum Gasteiger partial charge on any atom is 0.126 e. The average Bonchev–Trinajstić information content (AvgIpc) is 2.45. The Kier molecular flexibility index (Phi) is 5.85. The molecule has 4 heteroatoms. The maximum atomic E-state index is 13.9. The first-order valence-corrected chi connectivity index (χ1v) is 8.59. The van der Waals surface area contributed by atoms with Crippen LogP contribution < -0.4 is 5.32 Å². The molecule has 0 aliphatic rings. The van der Waals surface area contributed by atoms with Gasteiger partial charge in [0.2, 0.25) is 0 Å². The lowest BCUT2D eigenvalue weighted by atomic mass is 10.1. The zero-order chi connectivity index (χ0) is 15.4. The van der Waals surface area contributed by atoms with E-state index >= 15 is 0 Å². The van der Waals surface area contributed by atoms with Crippen LogP contribution in [0.15, 0.2) is 50.7 Å². The van der Waals surface area contributed by atoms with E-state index in [0.29, 0.717) is 5.56 Å². The van der Waals surface area contributed by atoms with Gasteiger partial charge in [0.25, 0.3) is 0 Å². The summed E-state index contributed by atoms with van der Waals surface area (Å²) in [6, 6.07) is 11.8. The molecule has 2 aromatic rings. The van der Waals surface area contributed by atoms with Crippen molar-refractivity contribution in [2.24, 2.45) is 0 Å². The van der Waals surface area contributed by atoms with Crippen molar-refractivity contribution in [3.8, 4) is 0 Å². The summed E-state index contributed by atoms with van der Waals surface area (Å²) >= 11 is 5.23. The quantitative estimate of drug-likeness (QED) is 0.725. The van der Waals surface area contributed by atoms with Crippen molar-refractivity contribution in [2.75, 3.05) is 6.54 Å². The Labute approximate surface area is 138 Å². The SMILES string of the molecule is CCNC(C)c1cc(F)c(C)cc1Sc1ccccc1Br. The second-order valence-corrected chi connectivity index (χ2v) is 6.89. The summed E-state index contributed by atoms with van der Waals surface area (Å²) in [7, 11) is 0. The Hall–Kier alpha value is -0.840. The van der Waals surface area contributed by atoms with E-state index in [1.54, 1.807) is 24.8 Å². The minimum absolute atomic E-state index is 0.120. The van der Waals surface area contributed by atoms with Gasteiger partial charge in [0.05, 0.1) is 0 Å². The van der Waals surface area contributed by atoms with E-state index in [9.17, 15) is 4.39 Å². The Balaban J connectivity index is 2.41. The summed E-state index contributed by atoms with van der Waals surface area (Å²) in [5.41, 5.74) is 1.68. The molecule has 0 aromatic heterocycles. The van der Waals surface area contributed by atoms with E-state index in [0.717, 1.165) is 26.4 Å². The van der Waals surface area contributed by atoms with Crippen LogP contribution in [0.2, 0.25) is 0 Å². The normalized spacial score (nSPS) is 12.4. The van der Waals surface area contributed by atoms with Crippen LogP contribution in [-0.4, -0.2) is 6.54 Å². The first-order chi connectivity index (χ1) is 10.0. The molecule has 0 saturated carbocycles. The Morgan fingerprint density at radius 1 is 1.24 bits per heavy atom. The van der Waals surface area contributed by atoms with Gasteiger partial charge in [-0.05, 0) is 71.7 Å². The Morgan fingerprint density at radius 2 is 1.95 bits per heavy atom. The van der Waals surface area contributed by atoms with Crippen LogP contribution in [0.3, 0.4) is 0 Å². The largest absolute Gasteiger partial charge is 0.310 e. The number of hydrogen-bond donors (Lipinski definition) is 1. The van der Waals surface area contributed by atoms with Crippen molar-refractivity contribution < 1.29 is 4.39 Å². The zero-order valence-corrected chi connectivity index (χ0v) is 14.8. The molecule has 0 aliphatic carbocycles. The summed E-state index contributed by atoms with van der Waals surface area (Å²) < 4.78 is 15.0. The predicted molar refractivity (Wildman–Crippen MR) is 91.5 cm³/mol. The molecule has 0 heterocycles. The fourth-order valence-electron chi connectivity index (χ4n) is 2.16. The molecule has 0 radical (unpaired) electrons. The third-order valence-corrected chi connectivity index (χ3v) is 5.43. The lowest BCUT2D eigenvalue weighted by Gasteiger charge is -2.18. The first kappa shape index (κ1) is 16.5. The summed E-state index contributed by atoms with van der Waals surface area (Å²) in [5, 5.41) is 3.36. The fourth-order valence-corrected chi connectivity index (χ4v) is 3.83.